The largest absolute Gasteiger partial charge is 0.467 e. The summed E-state index contributed by atoms with van der Waals surface area (Å²) in [6.07, 6.45) is -10.3. The molecule has 0 aromatic heterocycles. The van der Waals surface area contributed by atoms with Gasteiger partial charge in [0.1, 0.15) is 63.7 Å². The maximum absolute atomic E-state index is 12.7. The number of carbonyl (C=O) groups excluding carboxylic acids is 18. The molecule has 1 fully saturated rings. The van der Waals surface area contributed by atoms with Crippen LogP contribution in [-0.4, -0.2) is 215 Å². The molecule has 0 aromatic rings. The quantitative estimate of drug-likeness (QED) is 0.0284. The molecule has 0 aromatic carbocycles. The fraction of sp³-hybridized carbons (Fsp3) is 0.677. The summed E-state index contributed by atoms with van der Waals surface area (Å²) in [6, 6.07) is -0.690. The highest BCUT2D eigenvalue weighted by molar-refractivity contribution is 5.97. The van der Waals surface area contributed by atoms with Crippen LogP contribution >= 0.6 is 0 Å². The Kier molecular flexibility index (Phi) is 46.9. The predicted molar refractivity (Wildman–Crippen MR) is 323 cm³/mol. The van der Waals surface area contributed by atoms with Crippen LogP contribution < -0.4 is 5.73 Å². The van der Waals surface area contributed by atoms with E-state index in [4.69, 9.17) is 81.9 Å². The number of Topliss-reactive ketones (excluding diaryl/α,β-unsaturated/α-hetero) is 4. The van der Waals surface area contributed by atoms with Gasteiger partial charge in [0.05, 0.1) is 30.4 Å². The highest BCUT2D eigenvalue weighted by Crippen LogP contribution is 2.34. The third-order valence-electron chi connectivity index (χ3n) is 12.4. The SMILES string of the molecule is CC(=O)OCC(COC=O)C(OC(C)=O)/C(OC(C)=O)=C(\OC(C)=O)C(=O)C(C)C.CC(=O)OCC(COC=O)C(OC(C)=O)C(OC(C)=O)C(OC(C)=O)C(=O)C(C)C.CC(=O)O[C@H]1[C@H](COC=O)C(COC=O)OC(CC(=O)C(C)C)[C@@H]1OC(C)=O.CC(C)C(=O)C(N)CO. The Morgan fingerprint density at radius 1 is 0.433 bits per heavy atom. The van der Waals surface area contributed by atoms with Crippen molar-refractivity contribution < 1.29 is 162 Å². The fourth-order valence-corrected chi connectivity index (χ4v) is 8.22. The summed E-state index contributed by atoms with van der Waals surface area (Å²) < 4.78 is 76.2. The molecule has 35 nitrogen and oxygen atoms in total. The van der Waals surface area contributed by atoms with Crippen LogP contribution in [0.2, 0.25) is 0 Å². The number of nitrogens with two attached hydrogens (primary N) is 1. The Balaban J connectivity index is -0.00000128. The Morgan fingerprint density at radius 3 is 1.24 bits per heavy atom. The van der Waals surface area contributed by atoms with E-state index in [2.05, 4.69) is 0 Å². The maximum Gasteiger partial charge on any atom is 0.308 e. The summed E-state index contributed by atoms with van der Waals surface area (Å²) in [4.78, 5) is 207. The van der Waals surface area contributed by atoms with Crippen LogP contribution in [0, 0.1) is 41.4 Å². The lowest BCUT2D eigenvalue weighted by Gasteiger charge is -2.44. The number of hydrogen-bond acceptors (Lipinski definition) is 35. The summed E-state index contributed by atoms with van der Waals surface area (Å²) in [7, 11) is 0. The summed E-state index contributed by atoms with van der Waals surface area (Å²) in [5.74, 6) is -15.3. The minimum absolute atomic E-state index is 0.0767. The van der Waals surface area contributed by atoms with Crippen molar-refractivity contribution in [3.8, 4) is 0 Å². The molecule has 0 amide bonds. The van der Waals surface area contributed by atoms with Crippen molar-refractivity contribution in [2.24, 2.45) is 47.2 Å². The van der Waals surface area contributed by atoms with Crippen LogP contribution in [0.5, 0.6) is 0 Å². The summed E-state index contributed by atoms with van der Waals surface area (Å²) in [5.41, 5.74) is 5.22. The molecule has 0 aliphatic carbocycles. The van der Waals surface area contributed by atoms with E-state index < -0.39 is 194 Å². The van der Waals surface area contributed by atoms with E-state index in [1.165, 1.54) is 41.5 Å². The second-order valence-electron chi connectivity index (χ2n) is 22.2. The first-order valence-electron chi connectivity index (χ1n) is 29.9. The molecule has 12 atom stereocenters. The second kappa shape index (κ2) is 49.4. The number of carbonyl (C=O) groups is 18. The Hall–Kier alpha value is -9.12. The van der Waals surface area contributed by atoms with Gasteiger partial charge in [-0.1, -0.05) is 55.4 Å². The molecule has 1 aliphatic rings. The van der Waals surface area contributed by atoms with E-state index in [1.807, 2.05) is 0 Å². The molecule has 3 N–H and O–H groups in total. The topological polar surface area (TPSA) is 492 Å². The number of ether oxygens (including phenoxy) is 15. The average Bonchev–Trinajstić information content (AvgIpc) is 0.804. The third-order valence-corrected chi connectivity index (χ3v) is 12.4. The van der Waals surface area contributed by atoms with Gasteiger partial charge in [-0.3, -0.25) is 86.3 Å². The van der Waals surface area contributed by atoms with Crippen LogP contribution in [0.25, 0.3) is 0 Å². The number of esters is 10. The van der Waals surface area contributed by atoms with Crippen molar-refractivity contribution in [1.29, 1.82) is 0 Å². The van der Waals surface area contributed by atoms with Gasteiger partial charge in [-0.15, -0.1) is 0 Å². The first-order valence-corrected chi connectivity index (χ1v) is 29.9. The molecule has 97 heavy (non-hydrogen) atoms. The third kappa shape index (κ3) is 38.9. The minimum Gasteiger partial charge on any atom is -0.467 e. The summed E-state index contributed by atoms with van der Waals surface area (Å²) in [5, 5.41) is 8.41. The lowest BCUT2D eigenvalue weighted by Crippen LogP contribution is -2.60. The molecule has 1 rings (SSSR count). The van der Waals surface area contributed by atoms with Crippen LogP contribution in [-0.2, 0) is 157 Å². The van der Waals surface area contributed by atoms with E-state index in [9.17, 15) is 86.3 Å². The number of hydrogen-bond donors (Lipinski definition) is 2. The highest BCUT2D eigenvalue weighted by atomic mass is 16.6. The van der Waals surface area contributed by atoms with E-state index in [0.717, 1.165) is 55.4 Å². The minimum atomic E-state index is -1.62. The van der Waals surface area contributed by atoms with Gasteiger partial charge in [0.25, 0.3) is 25.9 Å². The zero-order valence-electron chi connectivity index (χ0n) is 57.7. The Labute approximate surface area is 560 Å². The van der Waals surface area contributed by atoms with E-state index >= 15 is 0 Å². The molecule has 1 heterocycles. The molecule has 550 valence electrons. The van der Waals surface area contributed by atoms with Crippen molar-refractivity contribution in [2.45, 2.75) is 186 Å². The summed E-state index contributed by atoms with van der Waals surface area (Å²) >= 11 is 0. The molecule has 1 aliphatic heterocycles. The van der Waals surface area contributed by atoms with Gasteiger partial charge in [0.2, 0.25) is 17.6 Å². The van der Waals surface area contributed by atoms with Gasteiger partial charge in [-0.2, -0.15) is 0 Å². The van der Waals surface area contributed by atoms with Crippen LogP contribution in [0.3, 0.4) is 0 Å². The monoisotopic (exact) mass is 1400 g/mol. The van der Waals surface area contributed by atoms with Gasteiger partial charge in [0.15, 0.2) is 41.7 Å². The maximum atomic E-state index is 12.7. The van der Waals surface area contributed by atoms with Crippen molar-refractivity contribution in [3.63, 3.8) is 0 Å². The fourth-order valence-electron chi connectivity index (χ4n) is 8.22. The number of ketones is 4. The first-order chi connectivity index (χ1) is 45.1. The van der Waals surface area contributed by atoms with Gasteiger partial charge in [-0.25, -0.2) is 0 Å². The molecular weight excluding hydrogens is 1300 g/mol. The first kappa shape index (κ1) is 92.1. The van der Waals surface area contributed by atoms with E-state index in [1.54, 1.807) is 27.7 Å². The van der Waals surface area contributed by atoms with Gasteiger partial charge >= 0.3 is 59.7 Å². The van der Waals surface area contributed by atoms with Gasteiger partial charge < -0.3 is 81.9 Å². The van der Waals surface area contributed by atoms with Crippen LogP contribution in [0.4, 0.5) is 0 Å². The lowest BCUT2D eigenvalue weighted by atomic mass is 9.84. The molecule has 0 saturated carbocycles. The van der Waals surface area contributed by atoms with Gasteiger partial charge in [0, 0.05) is 99.3 Å². The van der Waals surface area contributed by atoms with Crippen LogP contribution in [0.15, 0.2) is 11.5 Å². The number of aliphatic hydroxyl groups excluding tert-OH is 1. The zero-order valence-corrected chi connectivity index (χ0v) is 57.7. The average molecular weight is 1400 g/mol. The molecule has 0 radical (unpaired) electrons. The Morgan fingerprint density at radius 2 is 0.856 bits per heavy atom. The van der Waals surface area contributed by atoms with Crippen molar-refractivity contribution in [3.05, 3.63) is 11.5 Å². The second-order valence-corrected chi connectivity index (χ2v) is 22.2. The van der Waals surface area contributed by atoms with Gasteiger partial charge in [-0.05, 0) is 0 Å². The normalized spacial score (nSPS) is 17.6. The number of aliphatic hydroxyl groups is 1. The Bertz CT molecular complexity index is 2680. The van der Waals surface area contributed by atoms with Crippen LogP contribution in [0.1, 0.15) is 131 Å². The lowest BCUT2D eigenvalue weighted by molar-refractivity contribution is -0.237. The van der Waals surface area contributed by atoms with Crippen molar-refractivity contribution in [1.82, 2.24) is 0 Å². The molecule has 1 saturated heterocycles. The molecular formula is C62H93NO34. The smallest absolute Gasteiger partial charge is 0.308 e. The molecule has 0 bridgehead atoms. The highest BCUT2D eigenvalue weighted by Gasteiger charge is 2.51. The van der Waals surface area contributed by atoms with Crippen molar-refractivity contribution >= 4 is 109 Å². The number of rotatable bonds is 39. The van der Waals surface area contributed by atoms with Crippen molar-refractivity contribution in [2.75, 3.05) is 46.2 Å². The molecule has 9 unspecified atom stereocenters. The van der Waals surface area contributed by atoms with E-state index in [0.29, 0.717) is 0 Å². The molecule has 35 heteroatoms. The molecule has 0 spiro atoms. The van der Waals surface area contributed by atoms with E-state index in [-0.39, 0.29) is 75.5 Å². The predicted octanol–water partition coefficient (Wildman–Crippen LogP) is 0.918. The zero-order chi connectivity index (χ0) is 75.6. The number of allylic oxidation sites excluding steroid dienone is 1. The standard InChI is InChI=1S/C19H28O11.C19H26O11.C18H26O10.C6H13NO2/c2*1-10(2)16(25)18(29-13(5)23)19(30-14(6)24)17(28-12(4)22)15(7-26-9-20)8-27-11(3)21;1-10(2)14(23)5-15-18(27-12(4)22)17(26-11(3)21)13(6-24-8-19)16(28-15)7-25-9-20;1-4(2)6(9)5(7)3-8/h9-10,15,17-19H,7-8H2,1-6H3;9-10,15,17H,7-8H2,1-6H3;8-10,13,15-18H,5-7H2,1-4H3;4-5,8H,3,7H2,1-2H3/b;19-18+;;/t;;13-,15?,16?,17+,18+;/m..1./s1. The summed E-state index contributed by atoms with van der Waals surface area (Å²) in [6.45, 7) is 22.1.